The second-order valence-corrected chi connectivity index (χ2v) is 8.19. The van der Waals surface area contributed by atoms with E-state index < -0.39 is 20.5 Å². The van der Waals surface area contributed by atoms with E-state index in [-0.39, 0.29) is 16.3 Å². The van der Waals surface area contributed by atoms with Gasteiger partial charge < -0.3 is 10.1 Å². The van der Waals surface area contributed by atoms with Crippen LogP contribution in [0.1, 0.15) is 20.8 Å². The SMILES string of the molecule is COc1ccc(Nc2ccc(S(=O)(=O)NC(C)(C)C)cc2[N+](=O)[O-])cn1. The Balaban J connectivity index is 2.38. The fourth-order valence-electron chi connectivity index (χ4n) is 2.13. The minimum Gasteiger partial charge on any atom is -0.481 e. The maximum absolute atomic E-state index is 12.4. The molecule has 0 atom stereocenters. The van der Waals surface area contributed by atoms with Crippen molar-refractivity contribution in [3.63, 3.8) is 0 Å². The van der Waals surface area contributed by atoms with Gasteiger partial charge in [0.25, 0.3) is 5.69 Å². The Morgan fingerprint density at radius 1 is 1.19 bits per heavy atom. The van der Waals surface area contributed by atoms with Crippen molar-refractivity contribution in [3.05, 3.63) is 46.6 Å². The predicted molar refractivity (Wildman–Crippen MR) is 97.2 cm³/mol. The van der Waals surface area contributed by atoms with Gasteiger partial charge in [0.15, 0.2) is 0 Å². The van der Waals surface area contributed by atoms with Crippen molar-refractivity contribution >= 4 is 27.1 Å². The van der Waals surface area contributed by atoms with Crippen molar-refractivity contribution in [2.24, 2.45) is 0 Å². The Hall–Kier alpha value is -2.72. The third kappa shape index (κ3) is 4.90. The van der Waals surface area contributed by atoms with Crippen LogP contribution in [0.5, 0.6) is 5.88 Å². The zero-order valence-electron chi connectivity index (χ0n) is 14.8. The maximum atomic E-state index is 12.4. The molecule has 0 spiro atoms. The van der Waals surface area contributed by atoms with Crippen LogP contribution in [0.25, 0.3) is 0 Å². The van der Waals surface area contributed by atoms with E-state index in [0.717, 1.165) is 6.07 Å². The standard InChI is InChI=1S/C16H20N4O5S/c1-16(2,3)19-26(23,24)12-6-7-13(14(9-12)20(21)22)18-11-5-8-15(25-4)17-10-11/h5-10,18-19H,1-4H3. The van der Waals surface area contributed by atoms with Crippen LogP contribution in [-0.2, 0) is 10.0 Å². The molecule has 0 aliphatic heterocycles. The van der Waals surface area contributed by atoms with Gasteiger partial charge in [0.2, 0.25) is 15.9 Å². The molecule has 2 N–H and O–H groups in total. The van der Waals surface area contributed by atoms with Gasteiger partial charge >= 0.3 is 0 Å². The van der Waals surface area contributed by atoms with Gasteiger partial charge in [-0.2, -0.15) is 0 Å². The minimum absolute atomic E-state index is 0.150. The second-order valence-electron chi connectivity index (χ2n) is 6.51. The molecule has 2 rings (SSSR count). The first-order valence-electron chi connectivity index (χ1n) is 7.61. The molecule has 0 saturated carbocycles. The van der Waals surface area contributed by atoms with E-state index in [1.165, 1.54) is 25.4 Å². The number of anilines is 2. The molecule has 1 aromatic carbocycles. The highest BCUT2D eigenvalue weighted by molar-refractivity contribution is 7.89. The van der Waals surface area contributed by atoms with E-state index >= 15 is 0 Å². The lowest BCUT2D eigenvalue weighted by Gasteiger charge is -2.20. The lowest BCUT2D eigenvalue weighted by atomic mass is 10.1. The van der Waals surface area contributed by atoms with E-state index in [2.05, 4.69) is 15.0 Å². The van der Waals surface area contributed by atoms with E-state index in [4.69, 9.17) is 4.74 Å². The molecule has 0 unspecified atom stereocenters. The fraction of sp³-hybridized carbons (Fsp3) is 0.312. The van der Waals surface area contributed by atoms with Gasteiger partial charge in [-0.15, -0.1) is 0 Å². The molecule has 9 nitrogen and oxygen atoms in total. The molecule has 140 valence electrons. The van der Waals surface area contributed by atoms with Crippen molar-refractivity contribution in [3.8, 4) is 5.88 Å². The zero-order valence-corrected chi connectivity index (χ0v) is 15.6. The van der Waals surface area contributed by atoms with Gasteiger partial charge in [0, 0.05) is 17.7 Å². The number of nitro groups is 1. The van der Waals surface area contributed by atoms with E-state index in [1.54, 1.807) is 32.9 Å². The van der Waals surface area contributed by atoms with Crippen LogP contribution in [0.4, 0.5) is 17.1 Å². The number of sulfonamides is 1. The number of ether oxygens (including phenoxy) is 1. The quantitative estimate of drug-likeness (QED) is 0.583. The fourth-order valence-corrected chi connectivity index (χ4v) is 3.57. The predicted octanol–water partition coefficient (Wildman–Crippen LogP) is 2.82. The summed E-state index contributed by atoms with van der Waals surface area (Å²) in [5, 5.41) is 14.2. The highest BCUT2D eigenvalue weighted by atomic mass is 32.2. The molecule has 0 amide bonds. The Morgan fingerprint density at radius 2 is 1.88 bits per heavy atom. The summed E-state index contributed by atoms with van der Waals surface area (Å²) in [6, 6.07) is 6.91. The van der Waals surface area contributed by atoms with Crippen LogP contribution >= 0.6 is 0 Å². The van der Waals surface area contributed by atoms with Gasteiger partial charge in [-0.1, -0.05) is 0 Å². The summed E-state index contributed by atoms with van der Waals surface area (Å²) in [6.07, 6.45) is 1.45. The number of hydrogen-bond donors (Lipinski definition) is 2. The number of benzene rings is 1. The molecule has 0 bridgehead atoms. The number of rotatable bonds is 6. The lowest BCUT2D eigenvalue weighted by molar-refractivity contribution is -0.384. The highest BCUT2D eigenvalue weighted by Gasteiger charge is 2.25. The Bertz CT molecular complexity index is 905. The first-order valence-corrected chi connectivity index (χ1v) is 9.10. The normalized spacial score (nSPS) is 11.8. The lowest BCUT2D eigenvalue weighted by Crippen LogP contribution is -2.40. The van der Waals surface area contributed by atoms with Crippen LogP contribution in [0.3, 0.4) is 0 Å². The van der Waals surface area contributed by atoms with Crippen LogP contribution in [-0.4, -0.2) is 31.0 Å². The third-order valence-corrected chi connectivity index (χ3v) is 4.90. The monoisotopic (exact) mass is 380 g/mol. The maximum Gasteiger partial charge on any atom is 0.294 e. The molecule has 0 saturated heterocycles. The summed E-state index contributed by atoms with van der Waals surface area (Å²) < 4.78 is 32.2. The molecule has 1 heterocycles. The largest absolute Gasteiger partial charge is 0.481 e. The second kappa shape index (κ2) is 7.26. The highest BCUT2D eigenvalue weighted by Crippen LogP contribution is 2.30. The molecule has 0 fully saturated rings. The molecule has 26 heavy (non-hydrogen) atoms. The van der Waals surface area contributed by atoms with Crippen molar-refractivity contribution in [1.82, 2.24) is 9.71 Å². The van der Waals surface area contributed by atoms with Crippen LogP contribution in [0, 0.1) is 10.1 Å². The average Bonchev–Trinajstić information content (AvgIpc) is 2.53. The smallest absolute Gasteiger partial charge is 0.294 e. The van der Waals surface area contributed by atoms with Crippen molar-refractivity contribution in [2.75, 3.05) is 12.4 Å². The van der Waals surface area contributed by atoms with Crippen LogP contribution in [0.2, 0.25) is 0 Å². The van der Waals surface area contributed by atoms with Gasteiger partial charge in [0.1, 0.15) is 5.69 Å². The molecule has 10 heteroatoms. The molecule has 0 aliphatic rings. The number of nitro benzene ring substituents is 1. The van der Waals surface area contributed by atoms with E-state index in [1.807, 2.05) is 0 Å². The number of methoxy groups -OCH3 is 1. The Labute approximate surface area is 151 Å². The Kier molecular flexibility index (Phi) is 5.47. The van der Waals surface area contributed by atoms with Crippen LogP contribution < -0.4 is 14.8 Å². The number of nitrogens with zero attached hydrogens (tertiary/aromatic N) is 2. The summed E-state index contributed by atoms with van der Waals surface area (Å²) in [5.41, 5.74) is -0.425. The molecule has 0 aliphatic carbocycles. The first-order chi connectivity index (χ1) is 12.0. The third-order valence-electron chi connectivity index (χ3n) is 3.14. The number of pyridine rings is 1. The van der Waals surface area contributed by atoms with Crippen molar-refractivity contribution in [1.29, 1.82) is 0 Å². The first kappa shape index (κ1) is 19.6. The number of aromatic nitrogens is 1. The van der Waals surface area contributed by atoms with Gasteiger partial charge in [0.05, 0.1) is 28.8 Å². The summed E-state index contributed by atoms with van der Waals surface area (Å²) >= 11 is 0. The molecular weight excluding hydrogens is 360 g/mol. The summed E-state index contributed by atoms with van der Waals surface area (Å²) in [4.78, 5) is 14.6. The summed E-state index contributed by atoms with van der Waals surface area (Å²) in [7, 11) is -2.41. The zero-order chi connectivity index (χ0) is 19.5. The van der Waals surface area contributed by atoms with Crippen molar-refractivity contribution < 1.29 is 18.1 Å². The number of nitrogens with one attached hydrogen (secondary N) is 2. The molecule has 1 aromatic heterocycles. The van der Waals surface area contributed by atoms with E-state index in [9.17, 15) is 18.5 Å². The summed E-state index contributed by atoms with van der Waals surface area (Å²) in [5.74, 6) is 0.403. The number of hydrogen-bond acceptors (Lipinski definition) is 7. The van der Waals surface area contributed by atoms with Gasteiger partial charge in [-0.25, -0.2) is 18.1 Å². The summed E-state index contributed by atoms with van der Waals surface area (Å²) in [6.45, 7) is 5.06. The molecular formula is C16H20N4O5S. The average molecular weight is 380 g/mol. The topological polar surface area (TPSA) is 123 Å². The van der Waals surface area contributed by atoms with Gasteiger partial charge in [-0.3, -0.25) is 10.1 Å². The molecule has 0 radical (unpaired) electrons. The minimum atomic E-state index is -3.88. The van der Waals surface area contributed by atoms with E-state index in [0.29, 0.717) is 11.6 Å². The van der Waals surface area contributed by atoms with Gasteiger partial charge in [-0.05, 0) is 39.0 Å². The van der Waals surface area contributed by atoms with Crippen molar-refractivity contribution in [2.45, 2.75) is 31.2 Å². The molecule has 2 aromatic rings. The Morgan fingerprint density at radius 3 is 2.38 bits per heavy atom. The van der Waals surface area contributed by atoms with Crippen LogP contribution in [0.15, 0.2) is 41.4 Å².